The summed E-state index contributed by atoms with van der Waals surface area (Å²) in [6.07, 6.45) is 16.7. The molecule has 19 heavy (non-hydrogen) atoms. The van der Waals surface area contributed by atoms with E-state index in [0.29, 0.717) is 0 Å². The fourth-order valence-corrected chi connectivity index (χ4v) is 3.22. The first-order chi connectivity index (χ1) is 9.28. The van der Waals surface area contributed by atoms with E-state index >= 15 is 0 Å². The molecular formula is C18H39N. The highest BCUT2D eigenvalue weighted by Crippen LogP contribution is 2.27. The molecule has 1 heteroatoms. The zero-order chi connectivity index (χ0) is 14.3. The average molecular weight is 270 g/mol. The summed E-state index contributed by atoms with van der Waals surface area (Å²) >= 11 is 0. The lowest BCUT2D eigenvalue weighted by molar-refractivity contribution is 0.321. The smallest absolute Gasteiger partial charge is 0.00773 e. The molecular weight excluding hydrogens is 230 g/mol. The molecule has 0 heterocycles. The summed E-state index contributed by atoms with van der Waals surface area (Å²) in [5, 5.41) is 0. The molecule has 2 atom stereocenters. The molecule has 0 radical (unpaired) electrons. The second kappa shape index (κ2) is 14.4. The van der Waals surface area contributed by atoms with Crippen molar-refractivity contribution in [2.24, 2.45) is 17.6 Å². The van der Waals surface area contributed by atoms with E-state index in [1.807, 2.05) is 0 Å². The molecule has 116 valence electrons. The Morgan fingerprint density at radius 3 is 1.53 bits per heavy atom. The van der Waals surface area contributed by atoms with Gasteiger partial charge in [0.2, 0.25) is 0 Å². The predicted molar refractivity (Wildman–Crippen MR) is 88.5 cm³/mol. The van der Waals surface area contributed by atoms with Crippen molar-refractivity contribution in [1.29, 1.82) is 0 Å². The van der Waals surface area contributed by atoms with E-state index in [-0.39, 0.29) is 0 Å². The first kappa shape index (κ1) is 19.0. The third kappa shape index (κ3) is 11.5. The molecule has 0 aromatic rings. The normalized spacial score (nSPS) is 14.5. The Kier molecular flexibility index (Phi) is 14.3. The van der Waals surface area contributed by atoms with Crippen LogP contribution in [0.1, 0.15) is 97.8 Å². The summed E-state index contributed by atoms with van der Waals surface area (Å²) < 4.78 is 0. The number of nitrogens with two attached hydrogens (primary N) is 1. The molecule has 0 aliphatic heterocycles. The van der Waals surface area contributed by atoms with Crippen LogP contribution in [0.25, 0.3) is 0 Å². The molecule has 0 aromatic carbocycles. The van der Waals surface area contributed by atoms with E-state index in [0.717, 1.165) is 18.4 Å². The van der Waals surface area contributed by atoms with Crippen molar-refractivity contribution in [3.05, 3.63) is 0 Å². The number of rotatable bonds is 14. The third-order valence-electron chi connectivity index (χ3n) is 4.41. The van der Waals surface area contributed by atoms with Gasteiger partial charge in [-0.25, -0.2) is 0 Å². The van der Waals surface area contributed by atoms with Gasteiger partial charge in [-0.3, -0.25) is 0 Å². The van der Waals surface area contributed by atoms with Crippen molar-refractivity contribution in [2.75, 3.05) is 6.54 Å². The lowest BCUT2D eigenvalue weighted by Gasteiger charge is -2.21. The van der Waals surface area contributed by atoms with Crippen molar-refractivity contribution in [3.63, 3.8) is 0 Å². The molecule has 0 bridgehead atoms. The average Bonchev–Trinajstić information content (AvgIpc) is 2.42. The molecule has 0 amide bonds. The molecule has 2 unspecified atom stereocenters. The molecule has 0 saturated carbocycles. The van der Waals surface area contributed by atoms with Gasteiger partial charge in [0, 0.05) is 0 Å². The lowest BCUT2D eigenvalue weighted by atomic mass is 9.85. The van der Waals surface area contributed by atoms with Crippen LogP contribution in [0.3, 0.4) is 0 Å². The standard InChI is InChI=1S/C18H39N/c1-4-7-12-17(10-5-2)14-15-18(11-6-3)13-8-9-16-19/h17-18H,4-16,19H2,1-3H3. The minimum absolute atomic E-state index is 0.869. The van der Waals surface area contributed by atoms with Crippen LogP contribution < -0.4 is 5.73 Å². The Hall–Kier alpha value is -0.0400. The maximum atomic E-state index is 5.61. The van der Waals surface area contributed by atoms with Crippen molar-refractivity contribution >= 4 is 0 Å². The third-order valence-corrected chi connectivity index (χ3v) is 4.41. The van der Waals surface area contributed by atoms with Crippen LogP contribution in [0.4, 0.5) is 0 Å². The highest BCUT2D eigenvalue weighted by molar-refractivity contribution is 4.65. The Labute approximate surface area is 122 Å². The Bertz CT molecular complexity index is 167. The minimum Gasteiger partial charge on any atom is -0.330 e. The number of hydrogen-bond donors (Lipinski definition) is 1. The fraction of sp³-hybridized carbons (Fsp3) is 1.00. The van der Waals surface area contributed by atoms with Crippen LogP contribution in [0, 0.1) is 11.8 Å². The first-order valence-corrected chi connectivity index (χ1v) is 8.98. The van der Waals surface area contributed by atoms with E-state index in [1.54, 1.807) is 0 Å². The minimum atomic E-state index is 0.869. The topological polar surface area (TPSA) is 26.0 Å². The summed E-state index contributed by atoms with van der Waals surface area (Å²) in [5.74, 6) is 1.97. The first-order valence-electron chi connectivity index (χ1n) is 8.98. The monoisotopic (exact) mass is 269 g/mol. The van der Waals surface area contributed by atoms with E-state index in [2.05, 4.69) is 20.8 Å². The van der Waals surface area contributed by atoms with Gasteiger partial charge in [-0.2, -0.15) is 0 Å². The molecule has 0 aliphatic rings. The Balaban J connectivity index is 3.94. The molecule has 2 N–H and O–H groups in total. The SMILES string of the molecule is CCCCC(CCC)CCC(CCC)CCCCN. The Morgan fingerprint density at radius 2 is 1.11 bits per heavy atom. The van der Waals surface area contributed by atoms with Gasteiger partial charge in [0.1, 0.15) is 0 Å². The molecule has 0 aliphatic carbocycles. The van der Waals surface area contributed by atoms with E-state index in [1.165, 1.54) is 77.0 Å². The predicted octanol–water partition coefficient (Wildman–Crippen LogP) is 5.92. The van der Waals surface area contributed by atoms with Crippen LogP contribution >= 0.6 is 0 Å². The van der Waals surface area contributed by atoms with Gasteiger partial charge in [-0.1, -0.05) is 91.4 Å². The van der Waals surface area contributed by atoms with Crippen LogP contribution in [0.2, 0.25) is 0 Å². The van der Waals surface area contributed by atoms with Gasteiger partial charge in [-0.15, -0.1) is 0 Å². The van der Waals surface area contributed by atoms with E-state index in [9.17, 15) is 0 Å². The van der Waals surface area contributed by atoms with Gasteiger partial charge in [0.15, 0.2) is 0 Å². The summed E-state index contributed by atoms with van der Waals surface area (Å²) in [6.45, 7) is 7.85. The van der Waals surface area contributed by atoms with Gasteiger partial charge in [0.05, 0.1) is 0 Å². The Morgan fingerprint density at radius 1 is 0.579 bits per heavy atom. The van der Waals surface area contributed by atoms with E-state index in [4.69, 9.17) is 5.73 Å². The maximum absolute atomic E-state index is 5.61. The lowest BCUT2D eigenvalue weighted by Crippen LogP contribution is -2.07. The highest BCUT2D eigenvalue weighted by atomic mass is 14.5. The van der Waals surface area contributed by atoms with Crippen molar-refractivity contribution in [1.82, 2.24) is 0 Å². The van der Waals surface area contributed by atoms with Crippen molar-refractivity contribution in [3.8, 4) is 0 Å². The second-order valence-electron chi connectivity index (χ2n) is 6.31. The molecule has 0 spiro atoms. The van der Waals surface area contributed by atoms with Crippen LogP contribution in [-0.2, 0) is 0 Å². The number of unbranched alkanes of at least 4 members (excludes halogenated alkanes) is 2. The number of hydrogen-bond acceptors (Lipinski definition) is 1. The summed E-state index contributed by atoms with van der Waals surface area (Å²) in [5.41, 5.74) is 5.61. The largest absolute Gasteiger partial charge is 0.330 e. The molecule has 0 rings (SSSR count). The zero-order valence-electron chi connectivity index (χ0n) is 13.9. The van der Waals surface area contributed by atoms with Gasteiger partial charge in [0.25, 0.3) is 0 Å². The quantitative estimate of drug-likeness (QED) is 0.389. The highest BCUT2D eigenvalue weighted by Gasteiger charge is 2.12. The summed E-state index contributed by atoms with van der Waals surface area (Å²) in [4.78, 5) is 0. The summed E-state index contributed by atoms with van der Waals surface area (Å²) in [7, 11) is 0. The van der Waals surface area contributed by atoms with Crippen LogP contribution in [0.15, 0.2) is 0 Å². The van der Waals surface area contributed by atoms with Gasteiger partial charge < -0.3 is 5.73 Å². The molecule has 0 aromatic heterocycles. The van der Waals surface area contributed by atoms with Gasteiger partial charge in [-0.05, 0) is 24.8 Å². The van der Waals surface area contributed by atoms with Crippen molar-refractivity contribution in [2.45, 2.75) is 97.8 Å². The molecule has 0 saturated heterocycles. The summed E-state index contributed by atoms with van der Waals surface area (Å²) in [6, 6.07) is 0. The zero-order valence-corrected chi connectivity index (χ0v) is 13.9. The van der Waals surface area contributed by atoms with Crippen LogP contribution in [-0.4, -0.2) is 6.54 Å². The van der Waals surface area contributed by atoms with E-state index < -0.39 is 0 Å². The second-order valence-corrected chi connectivity index (χ2v) is 6.31. The van der Waals surface area contributed by atoms with Gasteiger partial charge >= 0.3 is 0 Å². The maximum Gasteiger partial charge on any atom is -0.00773 e. The van der Waals surface area contributed by atoms with Crippen LogP contribution in [0.5, 0.6) is 0 Å². The molecule has 0 fully saturated rings. The van der Waals surface area contributed by atoms with Crippen molar-refractivity contribution < 1.29 is 0 Å². The fourth-order valence-electron chi connectivity index (χ4n) is 3.22. The molecule has 1 nitrogen and oxygen atoms in total.